The van der Waals surface area contributed by atoms with Gasteiger partial charge in [0.1, 0.15) is 5.56 Å². The van der Waals surface area contributed by atoms with Crippen molar-refractivity contribution in [1.29, 1.82) is 0 Å². The molecule has 2 rings (SSSR count). The zero-order valence-corrected chi connectivity index (χ0v) is 9.68. The van der Waals surface area contributed by atoms with Crippen molar-refractivity contribution in [2.75, 3.05) is 6.54 Å². The Hall–Kier alpha value is -1.65. The van der Waals surface area contributed by atoms with Gasteiger partial charge in [-0.3, -0.25) is 9.59 Å². The lowest BCUT2D eigenvalue weighted by Crippen LogP contribution is -2.30. The van der Waals surface area contributed by atoms with Gasteiger partial charge in [-0.25, -0.2) is 4.39 Å². The summed E-state index contributed by atoms with van der Waals surface area (Å²) in [5, 5.41) is 2.61. The van der Waals surface area contributed by atoms with Crippen LogP contribution in [-0.4, -0.2) is 17.4 Å². The molecule has 1 amide bonds. The number of H-pyrrole nitrogens is 1. The first-order valence-electron chi connectivity index (χ1n) is 5.78. The van der Waals surface area contributed by atoms with Gasteiger partial charge in [0.05, 0.1) is 5.69 Å². The van der Waals surface area contributed by atoms with E-state index in [1.807, 2.05) is 6.92 Å². The van der Waals surface area contributed by atoms with Gasteiger partial charge in [-0.1, -0.05) is 6.92 Å². The van der Waals surface area contributed by atoms with Gasteiger partial charge in [0.15, 0.2) is 5.67 Å². The molecule has 0 radical (unpaired) electrons. The highest BCUT2D eigenvalue weighted by Gasteiger charge is 2.46. The van der Waals surface area contributed by atoms with Crippen LogP contribution >= 0.6 is 0 Å². The molecule has 4 nitrogen and oxygen atoms in total. The van der Waals surface area contributed by atoms with Crippen LogP contribution in [0.2, 0.25) is 0 Å². The molecule has 0 bridgehead atoms. The third kappa shape index (κ3) is 2.38. The average molecular weight is 238 g/mol. The fourth-order valence-electron chi connectivity index (χ4n) is 1.63. The van der Waals surface area contributed by atoms with Crippen LogP contribution in [0, 0.1) is 0 Å². The minimum atomic E-state index is -1.38. The summed E-state index contributed by atoms with van der Waals surface area (Å²) >= 11 is 0. The Morgan fingerprint density at radius 3 is 2.76 bits per heavy atom. The van der Waals surface area contributed by atoms with E-state index in [-0.39, 0.29) is 11.3 Å². The fraction of sp³-hybridized carbons (Fsp3) is 0.500. The number of hydrogen-bond donors (Lipinski definition) is 2. The molecule has 1 aliphatic rings. The summed E-state index contributed by atoms with van der Waals surface area (Å²) in [5.74, 6) is -0.414. The molecular formula is C12H15FN2O2. The van der Waals surface area contributed by atoms with Crippen molar-refractivity contribution in [2.45, 2.75) is 31.9 Å². The molecule has 1 aliphatic carbocycles. The van der Waals surface area contributed by atoms with Crippen LogP contribution in [0.15, 0.2) is 16.9 Å². The number of aromatic nitrogens is 1. The third-order valence-electron chi connectivity index (χ3n) is 2.86. The molecule has 0 unspecified atom stereocenters. The first-order valence-corrected chi connectivity index (χ1v) is 5.78. The normalized spacial score (nSPS) is 16.6. The van der Waals surface area contributed by atoms with Crippen molar-refractivity contribution in [3.63, 3.8) is 0 Å². The topological polar surface area (TPSA) is 62.0 Å². The summed E-state index contributed by atoms with van der Waals surface area (Å²) in [6, 6.07) is 2.87. The molecule has 92 valence electrons. The lowest BCUT2D eigenvalue weighted by molar-refractivity contribution is 0.0952. The number of carbonyl (C=O) groups excluding carboxylic acids is 1. The summed E-state index contributed by atoms with van der Waals surface area (Å²) in [7, 11) is 0. The Kier molecular flexibility index (Phi) is 3.00. The second kappa shape index (κ2) is 4.31. The van der Waals surface area contributed by atoms with Crippen molar-refractivity contribution in [1.82, 2.24) is 10.3 Å². The second-order valence-corrected chi connectivity index (χ2v) is 4.34. The minimum absolute atomic E-state index is 0.0338. The zero-order chi connectivity index (χ0) is 12.5. The first-order chi connectivity index (χ1) is 8.07. The molecule has 0 atom stereocenters. The molecular weight excluding hydrogens is 223 g/mol. The van der Waals surface area contributed by atoms with Crippen molar-refractivity contribution in [3.8, 4) is 0 Å². The molecule has 1 aromatic rings. The van der Waals surface area contributed by atoms with Crippen molar-refractivity contribution in [3.05, 3.63) is 33.7 Å². The average Bonchev–Trinajstić information content (AvgIpc) is 3.05. The first kappa shape index (κ1) is 11.8. The van der Waals surface area contributed by atoms with E-state index < -0.39 is 17.1 Å². The van der Waals surface area contributed by atoms with E-state index in [0.717, 1.165) is 6.42 Å². The number of halogens is 1. The van der Waals surface area contributed by atoms with Gasteiger partial charge in [-0.15, -0.1) is 0 Å². The molecule has 1 heterocycles. The number of aromatic amines is 1. The van der Waals surface area contributed by atoms with E-state index in [4.69, 9.17) is 0 Å². The Morgan fingerprint density at radius 2 is 2.24 bits per heavy atom. The predicted octanol–water partition coefficient (Wildman–Crippen LogP) is 1.47. The van der Waals surface area contributed by atoms with Gasteiger partial charge >= 0.3 is 0 Å². The zero-order valence-electron chi connectivity index (χ0n) is 9.68. The number of pyridine rings is 1. The monoisotopic (exact) mass is 238 g/mol. The maximum absolute atomic E-state index is 13.7. The van der Waals surface area contributed by atoms with Gasteiger partial charge < -0.3 is 10.3 Å². The van der Waals surface area contributed by atoms with Crippen molar-refractivity contribution < 1.29 is 9.18 Å². The van der Waals surface area contributed by atoms with E-state index in [0.29, 0.717) is 19.4 Å². The lowest BCUT2D eigenvalue weighted by Gasteiger charge is -2.07. The van der Waals surface area contributed by atoms with Crippen LogP contribution in [0.3, 0.4) is 0 Å². The van der Waals surface area contributed by atoms with E-state index in [1.165, 1.54) is 12.1 Å². The van der Waals surface area contributed by atoms with Gasteiger partial charge in [-0.05, 0) is 31.4 Å². The Bertz CT molecular complexity index is 492. The van der Waals surface area contributed by atoms with Crippen LogP contribution in [0.25, 0.3) is 0 Å². The number of nitrogens with one attached hydrogen (secondary N) is 2. The van der Waals surface area contributed by atoms with Gasteiger partial charge in [0.25, 0.3) is 11.5 Å². The van der Waals surface area contributed by atoms with Crippen LogP contribution < -0.4 is 10.9 Å². The molecule has 2 N–H and O–H groups in total. The summed E-state index contributed by atoms with van der Waals surface area (Å²) < 4.78 is 13.7. The molecule has 5 heteroatoms. The van der Waals surface area contributed by atoms with E-state index in [1.54, 1.807) is 0 Å². The summed E-state index contributed by atoms with van der Waals surface area (Å²) in [6.45, 7) is 2.45. The number of alkyl halides is 1. The molecule has 0 saturated heterocycles. The highest BCUT2D eigenvalue weighted by atomic mass is 19.1. The maximum atomic E-state index is 13.7. The second-order valence-electron chi connectivity index (χ2n) is 4.34. The van der Waals surface area contributed by atoms with E-state index in [2.05, 4.69) is 10.3 Å². The predicted molar refractivity (Wildman–Crippen MR) is 61.7 cm³/mol. The molecule has 0 aromatic carbocycles. The van der Waals surface area contributed by atoms with Crippen LogP contribution in [0.1, 0.15) is 42.2 Å². The largest absolute Gasteiger partial charge is 0.352 e. The van der Waals surface area contributed by atoms with Gasteiger partial charge in [-0.2, -0.15) is 0 Å². The number of carbonyl (C=O) groups is 1. The molecule has 1 aromatic heterocycles. The molecule has 1 saturated carbocycles. The minimum Gasteiger partial charge on any atom is -0.352 e. The maximum Gasteiger partial charge on any atom is 0.261 e. The lowest BCUT2D eigenvalue weighted by atomic mass is 10.2. The van der Waals surface area contributed by atoms with Gasteiger partial charge in [0.2, 0.25) is 0 Å². The fourth-order valence-corrected chi connectivity index (χ4v) is 1.63. The van der Waals surface area contributed by atoms with Crippen LogP contribution in [-0.2, 0) is 5.67 Å². The quantitative estimate of drug-likeness (QED) is 0.834. The Morgan fingerprint density at radius 1 is 1.53 bits per heavy atom. The van der Waals surface area contributed by atoms with E-state index >= 15 is 0 Å². The Labute approximate surface area is 98.2 Å². The van der Waals surface area contributed by atoms with Crippen LogP contribution in [0.4, 0.5) is 4.39 Å². The van der Waals surface area contributed by atoms with Crippen molar-refractivity contribution in [2.24, 2.45) is 0 Å². The number of hydrogen-bond acceptors (Lipinski definition) is 2. The number of rotatable bonds is 4. The standard InChI is InChI=1S/C12H15FN2O2/c1-2-7-14-10(16)8-3-4-9(15-11(8)17)12(13)5-6-12/h3-4H,2,5-7H2,1H3,(H,14,16)(H,15,17). The molecule has 0 spiro atoms. The van der Waals surface area contributed by atoms with Crippen molar-refractivity contribution >= 4 is 5.91 Å². The molecule has 17 heavy (non-hydrogen) atoms. The Balaban J connectivity index is 2.20. The third-order valence-corrected chi connectivity index (χ3v) is 2.86. The smallest absolute Gasteiger partial charge is 0.261 e. The summed E-state index contributed by atoms with van der Waals surface area (Å²) in [6.07, 6.45) is 1.67. The highest BCUT2D eigenvalue weighted by molar-refractivity contribution is 5.93. The number of amides is 1. The van der Waals surface area contributed by atoms with Gasteiger partial charge in [0, 0.05) is 6.54 Å². The SMILES string of the molecule is CCCNC(=O)c1ccc(C2(F)CC2)[nH]c1=O. The summed E-state index contributed by atoms with van der Waals surface area (Å²) in [5.41, 5.74) is -1.60. The summed E-state index contributed by atoms with van der Waals surface area (Å²) in [4.78, 5) is 25.7. The molecule has 0 aliphatic heterocycles. The highest BCUT2D eigenvalue weighted by Crippen LogP contribution is 2.48. The molecule has 1 fully saturated rings. The van der Waals surface area contributed by atoms with Crippen LogP contribution in [0.5, 0.6) is 0 Å². The van der Waals surface area contributed by atoms with E-state index in [9.17, 15) is 14.0 Å².